The van der Waals surface area contributed by atoms with Gasteiger partial charge in [0, 0.05) is 25.3 Å². The van der Waals surface area contributed by atoms with E-state index in [-0.39, 0.29) is 0 Å². The molecule has 4 nitrogen and oxygen atoms in total. The first-order valence-electron chi connectivity index (χ1n) is 7.07. The Morgan fingerprint density at radius 3 is 3.00 bits per heavy atom. The number of nitrogens with zero attached hydrogens (tertiary/aromatic N) is 3. The van der Waals surface area contributed by atoms with Gasteiger partial charge in [-0.15, -0.1) is 0 Å². The van der Waals surface area contributed by atoms with Crippen molar-refractivity contribution < 1.29 is 0 Å². The Bertz CT molecular complexity index is 367. The Morgan fingerprint density at radius 1 is 1.33 bits per heavy atom. The molecule has 0 spiro atoms. The van der Waals surface area contributed by atoms with Crippen LogP contribution in [0, 0.1) is 0 Å². The van der Waals surface area contributed by atoms with Crippen molar-refractivity contribution in [3.8, 4) is 0 Å². The van der Waals surface area contributed by atoms with Crippen LogP contribution in [0.15, 0.2) is 12.4 Å². The van der Waals surface area contributed by atoms with Crippen LogP contribution in [-0.4, -0.2) is 29.6 Å². The van der Waals surface area contributed by atoms with E-state index in [9.17, 15) is 0 Å². The van der Waals surface area contributed by atoms with Gasteiger partial charge >= 0.3 is 0 Å². The molecule has 1 aliphatic rings. The van der Waals surface area contributed by atoms with Crippen molar-refractivity contribution >= 4 is 5.82 Å². The normalized spacial score (nSPS) is 20.8. The molecule has 1 unspecified atom stereocenters. The largest absolute Gasteiger partial charge is 0.352 e. The zero-order valence-electron chi connectivity index (χ0n) is 11.5. The fourth-order valence-electron chi connectivity index (χ4n) is 2.70. The van der Waals surface area contributed by atoms with Crippen molar-refractivity contribution in [1.82, 2.24) is 15.3 Å². The molecule has 0 radical (unpaired) electrons. The lowest BCUT2D eigenvalue weighted by Crippen LogP contribution is -2.35. The molecule has 1 aromatic heterocycles. The van der Waals surface area contributed by atoms with E-state index in [2.05, 4.69) is 22.1 Å². The second kappa shape index (κ2) is 6.69. The van der Waals surface area contributed by atoms with E-state index in [0.29, 0.717) is 6.04 Å². The highest BCUT2D eigenvalue weighted by Gasteiger charge is 2.20. The number of rotatable bonds is 4. The maximum Gasteiger partial charge on any atom is 0.147 e. The Kier molecular flexibility index (Phi) is 4.93. The van der Waals surface area contributed by atoms with E-state index in [4.69, 9.17) is 4.98 Å². The van der Waals surface area contributed by atoms with Gasteiger partial charge in [-0.1, -0.05) is 19.8 Å². The van der Waals surface area contributed by atoms with Crippen LogP contribution in [0.1, 0.15) is 44.7 Å². The number of aromatic nitrogens is 2. The highest BCUT2D eigenvalue weighted by molar-refractivity contribution is 5.38. The van der Waals surface area contributed by atoms with Crippen LogP contribution in [0.25, 0.3) is 0 Å². The van der Waals surface area contributed by atoms with Crippen molar-refractivity contribution in [3.63, 3.8) is 0 Å². The molecule has 2 rings (SSSR count). The molecule has 1 N–H and O–H groups in total. The van der Waals surface area contributed by atoms with E-state index in [1.54, 1.807) is 0 Å². The van der Waals surface area contributed by atoms with Crippen LogP contribution in [0.5, 0.6) is 0 Å². The number of nitrogens with one attached hydrogen (secondary N) is 1. The molecule has 1 atom stereocenters. The second-order valence-corrected chi connectivity index (χ2v) is 5.00. The summed E-state index contributed by atoms with van der Waals surface area (Å²) in [5, 5.41) is 3.13. The van der Waals surface area contributed by atoms with Crippen molar-refractivity contribution in [2.24, 2.45) is 0 Å². The van der Waals surface area contributed by atoms with Crippen LogP contribution in [-0.2, 0) is 6.54 Å². The maximum absolute atomic E-state index is 4.73. The number of hydrogen-bond donors (Lipinski definition) is 1. The molecular formula is C14H24N4. The molecule has 0 bridgehead atoms. The monoisotopic (exact) mass is 248 g/mol. The van der Waals surface area contributed by atoms with Gasteiger partial charge < -0.3 is 10.2 Å². The minimum Gasteiger partial charge on any atom is -0.352 e. The minimum absolute atomic E-state index is 0.631. The third-order valence-corrected chi connectivity index (χ3v) is 3.67. The zero-order chi connectivity index (χ0) is 12.8. The summed E-state index contributed by atoms with van der Waals surface area (Å²) in [6.07, 6.45) is 10.2. The minimum atomic E-state index is 0.631. The third kappa shape index (κ3) is 3.19. The van der Waals surface area contributed by atoms with Crippen molar-refractivity contribution in [2.75, 3.05) is 18.5 Å². The predicted molar refractivity (Wildman–Crippen MR) is 74.7 cm³/mol. The smallest absolute Gasteiger partial charge is 0.147 e. The van der Waals surface area contributed by atoms with Crippen LogP contribution >= 0.6 is 0 Å². The summed E-state index contributed by atoms with van der Waals surface area (Å²) >= 11 is 0. The molecule has 1 saturated heterocycles. The Balaban J connectivity index is 2.18. The Morgan fingerprint density at radius 2 is 2.22 bits per heavy atom. The van der Waals surface area contributed by atoms with E-state index in [1.165, 1.54) is 32.1 Å². The molecule has 0 amide bonds. The Labute approximate surface area is 110 Å². The van der Waals surface area contributed by atoms with Gasteiger partial charge in [-0.2, -0.15) is 0 Å². The van der Waals surface area contributed by atoms with Gasteiger partial charge in [0.1, 0.15) is 5.82 Å². The third-order valence-electron chi connectivity index (χ3n) is 3.67. The molecule has 18 heavy (non-hydrogen) atoms. The molecule has 100 valence electrons. The highest BCUT2D eigenvalue weighted by Crippen LogP contribution is 2.23. The molecule has 1 aliphatic heterocycles. The summed E-state index contributed by atoms with van der Waals surface area (Å²) in [6, 6.07) is 0.631. The summed E-state index contributed by atoms with van der Waals surface area (Å²) in [5.74, 6) is 1.05. The fraction of sp³-hybridized carbons (Fsp3) is 0.714. The lowest BCUT2D eigenvalue weighted by molar-refractivity contribution is 0.550. The van der Waals surface area contributed by atoms with Gasteiger partial charge in [-0.25, -0.2) is 4.98 Å². The second-order valence-electron chi connectivity index (χ2n) is 5.00. The van der Waals surface area contributed by atoms with E-state index in [1.807, 2.05) is 19.4 Å². The summed E-state index contributed by atoms with van der Waals surface area (Å²) < 4.78 is 0. The molecule has 4 heteroatoms. The molecule has 0 aromatic carbocycles. The highest BCUT2D eigenvalue weighted by atomic mass is 15.2. The average molecular weight is 248 g/mol. The van der Waals surface area contributed by atoms with Crippen LogP contribution in [0.2, 0.25) is 0 Å². The molecule has 1 fully saturated rings. The predicted octanol–water partition coefficient (Wildman–Crippen LogP) is 2.36. The van der Waals surface area contributed by atoms with Gasteiger partial charge in [0.2, 0.25) is 0 Å². The van der Waals surface area contributed by atoms with Gasteiger partial charge in [0.15, 0.2) is 0 Å². The molecular weight excluding hydrogens is 224 g/mol. The summed E-state index contributed by atoms with van der Waals surface area (Å²) in [6.45, 7) is 4.18. The summed E-state index contributed by atoms with van der Waals surface area (Å²) in [5.41, 5.74) is 1.02. The summed E-state index contributed by atoms with van der Waals surface area (Å²) in [4.78, 5) is 11.5. The first-order valence-corrected chi connectivity index (χ1v) is 7.07. The van der Waals surface area contributed by atoms with Crippen molar-refractivity contribution in [2.45, 2.75) is 51.6 Å². The van der Waals surface area contributed by atoms with Crippen LogP contribution < -0.4 is 10.2 Å². The van der Waals surface area contributed by atoms with Crippen molar-refractivity contribution in [1.29, 1.82) is 0 Å². The van der Waals surface area contributed by atoms with Crippen molar-refractivity contribution in [3.05, 3.63) is 18.1 Å². The number of anilines is 1. The fourth-order valence-corrected chi connectivity index (χ4v) is 2.70. The SMILES string of the molecule is CCC1CCCCCN1c1cncc(CNC)n1. The van der Waals surface area contributed by atoms with E-state index < -0.39 is 0 Å². The Hall–Kier alpha value is -1.16. The average Bonchev–Trinajstić information content (AvgIpc) is 2.64. The van der Waals surface area contributed by atoms with Crippen LogP contribution in [0.3, 0.4) is 0 Å². The van der Waals surface area contributed by atoms with Crippen LogP contribution in [0.4, 0.5) is 5.82 Å². The van der Waals surface area contributed by atoms with Gasteiger partial charge in [-0.05, 0) is 26.3 Å². The zero-order valence-corrected chi connectivity index (χ0v) is 11.5. The van der Waals surface area contributed by atoms with Gasteiger partial charge in [0.25, 0.3) is 0 Å². The standard InChI is InChI=1S/C14H24N4/c1-3-13-7-5-4-6-8-18(13)14-11-16-10-12(17-14)9-15-2/h10-11,13,15H,3-9H2,1-2H3. The molecule has 1 aromatic rings. The maximum atomic E-state index is 4.73. The summed E-state index contributed by atoms with van der Waals surface area (Å²) in [7, 11) is 1.94. The van der Waals surface area contributed by atoms with E-state index in [0.717, 1.165) is 24.6 Å². The molecule has 0 saturated carbocycles. The van der Waals surface area contributed by atoms with Gasteiger partial charge in [-0.3, -0.25) is 4.98 Å². The quantitative estimate of drug-likeness (QED) is 0.888. The lowest BCUT2D eigenvalue weighted by atomic mass is 10.1. The molecule has 2 heterocycles. The lowest BCUT2D eigenvalue weighted by Gasteiger charge is -2.30. The van der Waals surface area contributed by atoms with E-state index >= 15 is 0 Å². The topological polar surface area (TPSA) is 41.1 Å². The number of hydrogen-bond acceptors (Lipinski definition) is 4. The van der Waals surface area contributed by atoms with Gasteiger partial charge in [0.05, 0.1) is 11.9 Å². The first kappa shape index (κ1) is 13.3. The first-order chi connectivity index (χ1) is 8.85. The molecule has 0 aliphatic carbocycles.